The molecule has 0 aromatic carbocycles. The van der Waals surface area contributed by atoms with Crippen molar-refractivity contribution in [3.63, 3.8) is 0 Å². The number of hydrogen-bond acceptors (Lipinski definition) is 10. The summed E-state index contributed by atoms with van der Waals surface area (Å²) in [7, 11) is -3.56. The van der Waals surface area contributed by atoms with E-state index in [0.717, 1.165) is 30.5 Å². The molecule has 0 amide bonds. The van der Waals surface area contributed by atoms with Crippen LogP contribution in [0, 0.1) is 5.92 Å². The van der Waals surface area contributed by atoms with E-state index in [-0.39, 0.29) is 29.8 Å². The summed E-state index contributed by atoms with van der Waals surface area (Å²) in [4.78, 5) is 21.7. The highest BCUT2D eigenvalue weighted by Gasteiger charge is 2.26. The summed E-state index contributed by atoms with van der Waals surface area (Å²) in [6, 6.07) is -0.257. The Bertz CT molecular complexity index is 982. The highest BCUT2D eigenvalue weighted by molar-refractivity contribution is 7.99. The smallest absolute Gasteiger partial charge is 0.242 e. The summed E-state index contributed by atoms with van der Waals surface area (Å²) in [5, 5.41) is 13.0. The van der Waals surface area contributed by atoms with Crippen molar-refractivity contribution in [1.29, 1.82) is 0 Å². The largest absolute Gasteiger partial charge is 0.394 e. The summed E-state index contributed by atoms with van der Waals surface area (Å²) >= 11 is 1.35. The highest BCUT2D eigenvalue weighted by atomic mass is 32.2. The molecule has 2 atom stereocenters. The number of nitrogens with one attached hydrogen (secondary N) is 2. The van der Waals surface area contributed by atoms with Gasteiger partial charge in [0.1, 0.15) is 5.82 Å². The molecule has 1 aliphatic rings. The number of anilines is 2. The second-order valence-electron chi connectivity index (χ2n) is 8.20. The van der Waals surface area contributed by atoms with Crippen LogP contribution in [0.1, 0.15) is 62.6 Å². The maximum Gasteiger partial charge on any atom is 0.242 e. The van der Waals surface area contributed by atoms with E-state index in [1.807, 2.05) is 33.2 Å². The highest BCUT2D eigenvalue weighted by Crippen LogP contribution is 2.38. The van der Waals surface area contributed by atoms with E-state index in [0.29, 0.717) is 23.4 Å². The monoisotopic (exact) mass is 467 g/mol. The molecule has 12 heteroatoms. The molecular formula is C19H29N7O3S2. The standard InChI is InChI=1S/C19H29N7O3S2/c1-11(2)7-15(10-27)22-17-23-18(26-31(4,28)29)25-19(24-17)30-12(3)14-8-20-16(21-9-14)13-5-6-13/h8-9,11-13,15,27H,5-7,10H2,1-4H3,(H2,22,23,24,25,26)/t12?,15-/m1/s1. The molecule has 0 aliphatic heterocycles. The molecular weight excluding hydrogens is 438 g/mol. The first-order chi connectivity index (χ1) is 14.6. The Morgan fingerprint density at radius 3 is 2.32 bits per heavy atom. The van der Waals surface area contributed by atoms with Gasteiger partial charge in [-0.05, 0) is 32.1 Å². The van der Waals surface area contributed by atoms with Crippen molar-refractivity contribution in [2.24, 2.45) is 5.92 Å². The topological polar surface area (TPSA) is 143 Å². The molecule has 3 rings (SSSR count). The molecule has 0 spiro atoms. The molecule has 0 saturated heterocycles. The van der Waals surface area contributed by atoms with Gasteiger partial charge in [-0.3, -0.25) is 4.72 Å². The van der Waals surface area contributed by atoms with Gasteiger partial charge in [0.2, 0.25) is 21.9 Å². The maximum absolute atomic E-state index is 11.7. The lowest BCUT2D eigenvalue weighted by Gasteiger charge is -2.19. The summed E-state index contributed by atoms with van der Waals surface area (Å²) in [5.41, 5.74) is 0.926. The van der Waals surface area contributed by atoms with E-state index >= 15 is 0 Å². The Balaban J connectivity index is 1.80. The van der Waals surface area contributed by atoms with Gasteiger partial charge in [0.25, 0.3) is 0 Å². The van der Waals surface area contributed by atoms with Crippen molar-refractivity contribution in [3.8, 4) is 0 Å². The van der Waals surface area contributed by atoms with Gasteiger partial charge in [-0.1, -0.05) is 25.6 Å². The van der Waals surface area contributed by atoms with Crippen molar-refractivity contribution in [2.75, 3.05) is 22.9 Å². The zero-order valence-corrected chi connectivity index (χ0v) is 19.7. The van der Waals surface area contributed by atoms with Crippen molar-refractivity contribution in [2.45, 2.75) is 62.4 Å². The van der Waals surface area contributed by atoms with Crippen LogP contribution in [0.5, 0.6) is 0 Å². The van der Waals surface area contributed by atoms with Crippen LogP contribution in [0.25, 0.3) is 0 Å². The van der Waals surface area contributed by atoms with Gasteiger partial charge in [0, 0.05) is 29.1 Å². The fraction of sp³-hybridized carbons (Fsp3) is 0.632. The minimum Gasteiger partial charge on any atom is -0.394 e. The average molecular weight is 468 g/mol. The maximum atomic E-state index is 11.7. The Morgan fingerprint density at radius 2 is 1.77 bits per heavy atom. The molecule has 1 saturated carbocycles. The van der Waals surface area contributed by atoms with Crippen LogP contribution < -0.4 is 10.0 Å². The second kappa shape index (κ2) is 10.0. The number of thioether (sulfide) groups is 1. The molecule has 0 bridgehead atoms. The fourth-order valence-electron chi connectivity index (χ4n) is 2.95. The number of sulfonamides is 1. The van der Waals surface area contributed by atoms with Gasteiger partial charge >= 0.3 is 0 Å². The minimum atomic E-state index is -3.56. The lowest BCUT2D eigenvalue weighted by Crippen LogP contribution is -2.27. The number of nitrogens with zero attached hydrogens (tertiary/aromatic N) is 5. The molecule has 170 valence electrons. The van der Waals surface area contributed by atoms with E-state index in [1.165, 1.54) is 11.8 Å². The van der Waals surface area contributed by atoms with Gasteiger partial charge in [-0.25, -0.2) is 18.4 Å². The van der Waals surface area contributed by atoms with Gasteiger partial charge in [0.05, 0.1) is 18.9 Å². The summed E-state index contributed by atoms with van der Waals surface area (Å²) in [6.07, 6.45) is 7.67. The summed E-state index contributed by atoms with van der Waals surface area (Å²) in [5.74, 6) is 1.86. The van der Waals surface area contributed by atoms with E-state index in [4.69, 9.17) is 0 Å². The second-order valence-corrected chi connectivity index (χ2v) is 11.3. The van der Waals surface area contributed by atoms with Gasteiger partial charge in [-0.2, -0.15) is 15.0 Å². The molecule has 1 unspecified atom stereocenters. The normalized spacial score (nSPS) is 16.2. The first-order valence-electron chi connectivity index (χ1n) is 10.2. The quantitative estimate of drug-likeness (QED) is 0.422. The molecule has 0 radical (unpaired) electrons. The van der Waals surface area contributed by atoms with Crippen LogP contribution in [-0.4, -0.2) is 57.3 Å². The molecule has 3 N–H and O–H groups in total. The molecule has 2 aromatic heterocycles. The average Bonchev–Trinajstić information content (AvgIpc) is 3.51. The van der Waals surface area contributed by atoms with Crippen molar-refractivity contribution >= 4 is 33.7 Å². The Morgan fingerprint density at radius 1 is 1.13 bits per heavy atom. The molecule has 2 aromatic rings. The molecule has 10 nitrogen and oxygen atoms in total. The number of hydrogen-bond donors (Lipinski definition) is 3. The Hall–Kier alpha value is -2.05. The molecule has 2 heterocycles. The molecule has 1 aliphatic carbocycles. The van der Waals surface area contributed by atoms with Crippen LogP contribution in [0.4, 0.5) is 11.9 Å². The van der Waals surface area contributed by atoms with E-state index in [1.54, 1.807) is 0 Å². The third-order valence-electron chi connectivity index (χ3n) is 4.59. The predicted octanol–water partition coefficient (Wildman–Crippen LogP) is 2.58. The van der Waals surface area contributed by atoms with Gasteiger partial charge < -0.3 is 10.4 Å². The van der Waals surface area contributed by atoms with Crippen molar-refractivity contribution in [1.82, 2.24) is 24.9 Å². The zero-order chi connectivity index (χ0) is 22.6. The van der Waals surface area contributed by atoms with E-state index in [2.05, 4.69) is 35.0 Å². The van der Waals surface area contributed by atoms with Crippen LogP contribution in [0.15, 0.2) is 17.6 Å². The fourth-order valence-corrected chi connectivity index (χ4v) is 4.23. The predicted molar refractivity (Wildman–Crippen MR) is 121 cm³/mol. The van der Waals surface area contributed by atoms with Crippen molar-refractivity contribution in [3.05, 3.63) is 23.8 Å². The number of aliphatic hydroxyl groups is 1. The number of rotatable bonds is 11. The SMILES string of the molecule is CC(C)C[C@H](CO)Nc1nc(NS(C)(=O)=O)nc(SC(C)c2cnc(C3CC3)nc2)n1. The summed E-state index contributed by atoms with van der Waals surface area (Å²) in [6.45, 7) is 5.99. The Labute approximate surface area is 187 Å². The van der Waals surface area contributed by atoms with Crippen molar-refractivity contribution < 1.29 is 13.5 Å². The van der Waals surface area contributed by atoms with Gasteiger partial charge in [0.15, 0.2) is 5.16 Å². The van der Waals surface area contributed by atoms with Crippen LogP contribution in [0.3, 0.4) is 0 Å². The minimum absolute atomic E-state index is 0.0566. The zero-order valence-electron chi connectivity index (χ0n) is 18.1. The summed E-state index contributed by atoms with van der Waals surface area (Å²) < 4.78 is 25.7. The van der Waals surface area contributed by atoms with E-state index < -0.39 is 10.0 Å². The number of aliphatic hydroxyl groups excluding tert-OH is 1. The van der Waals surface area contributed by atoms with Crippen LogP contribution in [0.2, 0.25) is 0 Å². The third-order valence-corrected chi connectivity index (χ3v) is 6.16. The number of aromatic nitrogens is 5. The first kappa shape index (κ1) is 23.6. The lowest BCUT2D eigenvalue weighted by atomic mass is 10.0. The van der Waals surface area contributed by atoms with Crippen LogP contribution in [-0.2, 0) is 10.0 Å². The van der Waals surface area contributed by atoms with Crippen LogP contribution >= 0.6 is 11.8 Å². The molecule has 31 heavy (non-hydrogen) atoms. The lowest BCUT2D eigenvalue weighted by molar-refractivity contribution is 0.259. The molecule has 1 fully saturated rings. The Kier molecular flexibility index (Phi) is 7.65. The van der Waals surface area contributed by atoms with E-state index in [9.17, 15) is 13.5 Å². The van der Waals surface area contributed by atoms with Gasteiger partial charge in [-0.15, -0.1) is 0 Å². The third kappa shape index (κ3) is 7.54. The first-order valence-corrected chi connectivity index (χ1v) is 13.0.